The molecule has 0 atom stereocenters. The zero-order valence-corrected chi connectivity index (χ0v) is 23.9. The number of hydrogen-bond acceptors (Lipinski definition) is 5. The van der Waals surface area contributed by atoms with Crippen LogP contribution in [0, 0.1) is 0 Å². The van der Waals surface area contributed by atoms with Crippen molar-refractivity contribution >= 4 is 44.5 Å². The molecule has 0 radical (unpaired) electrons. The Balaban J connectivity index is 1.34. The Morgan fingerprint density at radius 1 is 1.07 bits per heavy atom. The Kier molecular flexibility index (Phi) is 7.27. The predicted octanol–water partition coefficient (Wildman–Crippen LogP) is 8.81. The first kappa shape index (κ1) is 26.3. The van der Waals surface area contributed by atoms with Crippen molar-refractivity contribution < 1.29 is 0 Å². The molecule has 1 aromatic carbocycles. The fraction of sp³-hybridized carbons (Fsp3) is 0.118. The van der Waals surface area contributed by atoms with E-state index in [1.165, 1.54) is 11.1 Å². The molecular weight excluding hydrogens is 524 g/mol. The molecule has 5 heterocycles. The molecule has 0 saturated carbocycles. The van der Waals surface area contributed by atoms with Crippen molar-refractivity contribution in [1.29, 1.82) is 0 Å². The summed E-state index contributed by atoms with van der Waals surface area (Å²) in [5, 5.41) is 8.52. The van der Waals surface area contributed by atoms with Crippen molar-refractivity contribution in [2.75, 3.05) is 0 Å². The number of pyridine rings is 2. The van der Waals surface area contributed by atoms with Gasteiger partial charge in [0.15, 0.2) is 11.5 Å². The van der Waals surface area contributed by atoms with Gasteiger partial charge < -0.3 is 4.98 Å². The number of thiophene rings is 1. The van der Waals surface area contributed by atoms with E-state index >= 15 is 0 Å². The number of benzene rings is 1. The second kappa shape index (κ2) is 11.3. The third kappa shape index (κ3) is 5.32. The van der Waals surface area contributed by atoms with Gasteiger partial charge in [0.25, 0.3) is 0 Å². The minimum Gasteiger partial charge on any atom is -0.337 e. The summed E-state index contributed by atoms with van der Waals surface area (Å²) in [6.45, 7) is 12.2. The minimum absolute atomic E-state index is 0.638. The van der Waals surface area contributed by atoms with Gasteiger partial charge in [0.2, 0.25) is 0 Å². The van der Waals surface area contributed by atoms with Gasteiger partial charge in [0, 0.05) is 22.8 Å². The lowest BCUT2D eigenvalue weighted by molar-refractivity contribution is 0.966. The van der Waals surface area contributed by atoms with E-state index in [1.807, 2.05) is 44.4 Å². The van der Waals surface area contributed by atoms with E-state index in [-0.39, 0.29) is 0 Å². The van der Waals surface area contributed by atoms with Gasteiger partial charge in [-0.3, -0.25) is 10.1 Å². The molecule has 0 aliphatic rings. The summed E-state index contributed by atoms with van der Waals surface area (Å²) < 4.78 is 0. The predicted molar refractivity (Wildman–Crippen MR) is 171 cm³/mol. The molecule has 0 saturated heterocycles. The fourth-order valence-electron chi connectivity index (χ4n) is 4.87. The highest BCUT2D eigenvalue weighted by Crippen LogP contribution is 2.35. The SMILES string of the molecule is C=C/C(=C\C(=C/C)c1cnc2n[nH]c(-c3nc4c(-c5ccc(C(=C)C)s5)nccc4[nH]3)c2c1)CCc1ccccc1. The molecule has 0 fully saturated rings. The smallest absolute Gasteiger partial charge is 0.181 e. The largest absolute Gasteiger partial charge is 0.337 e. The molecule has 2 N–H and O–H groups in total. The van der Waals surface area contributed by atoms with Crippen LogP contribution in [0.25, 0.3) is 55.3 Å². The van der Waals surface area contributed by atoms with Gasteiger partial charge in [-0.15, -0.1) is 11.3 Å². The van der Waals surface area contributed by atoms with E-state index in [9.17, 15) is 0 Å². The van der Waals surface area contributed by atoms with Crippen LogP contribution in [0.1, 0.15) is 36.3 Å². The first-order valence-corrected chi connectivity index (χ1v) is 14.3. The van der Waals surface area contributed by atoms with Crippen LogP contribution in [0.4, 0.5) is 0 Å². The van der Waals surface area contributed by atoms with E-state index in [4.69, 9.17) is 4.98 Å². The molecule has 7 heteroatoms. The normalized spacial score (nSPS) is 12.3. The molecule has 6 aromatic rings. The van der Waals surface area contributed by atoms with E-state index in [0.29, 0.717) is 11.5 Å². The highest BCUT2D eigenvalue weighted by atomic mass is 32.1. The highest BCUT2D eigenvalue weighted by Gasteiger charge is 2.17. The molecule has 202 valence electrons. The van der Waals surface area contributed by atoms with E-state index in [1.54, 1.807) is 11.3 Å². The number of rotatable bonds is 9. The highest BCUT2D eigenvalue weighted by molar-refractivity contribution is 7.16. The summed E-state index contributed by atoms with van der Waals surface area (Å²) in [5.41, 5.74) is 9.61. The summed E-state index contributed by atoms with van der Waals surface area (Å²) in [4.78, 5) is 20.0. The monoisotopic (exact) mass is 554 g/mol. The maximum absolute atomic E-state index is 4.97. The molecule has 0 amide bonds. The average molecular weight is 555 g/mol. The zero-order valence-electron chi connectivity index (χ0n) is 23.1. The molecular formula is C34H30N6S. The number of aryl methyl sites for hydroxylation is 1. The summed E-state index contributed by atoms with van der Waals surface area (Å²) in [5.74, 6) is 0.694. The molecule has 0 unspecified atom stereocenters. The van der Waals surface area contributed by atoms with Gasteiger partial charge in [-0.2, -0.15) is 5.10 Å². The van der Waals surface area contributed by atoms with E-state index in [0.717, 1.165) is 67.1 Å². The maximum atomic E-state index is 4.97. The third-order valence-corrected chi connectivity index (χ3v) is 8.35. The summed E-state index contributed by atoms with van der Waals surface area (Å²) in [6, 6.07) is 18.7. The molecule has 6 rings (SSSR count). The lowest BCUT2D eigenvalue weighted by Gasteiger charge is -2.07. The van der Waals surface area contributed by atoms with Gasteiger partial charge in [-0.25, -0.2) is 9.97 Å². The summed E-state index contributed by atoms with van der Waals surface area (Å²) in [6.07, 6.45) is 11.8. The minimum atomic E-state index is 0.638. The lowest BCUT2D eigenvalue weighted by Crippen LogP contribution is -1.90. The standard InChI is InChI=1S/C34H30N6S/c1-5-22(12-13-23-10-8-7-9-11-23)18-24(6-2)25-19-26-30(39-40-33(26)36-20-25)34-37-27-16-17-35-32(31(27)38-34)29-15-14-28(41-29)21(3)4/h5-11,14-20H,1,3,12-13H2,2,4H3,(H,37,38)(H,36,39,40)/b22-18+,24-6+. The molecule has 6 nitrogen and oxygen atoms in total. The molecule has 5 aromatic heterocycles. The van der Waals surface area contributed by atoms with Gasteiger partial charge >= 0.3 is 0 Å². The zero-order chi connectivity index (χ0) is 28.3. The topological polar surface area (TPSA) is 83.1 Å². The number of fused-ring (bicyclic) bond motifs is 2. The molecule has 0 spiro atoms. The van der Waals surface area contributed by atoms with Crippen LogP contribution in [-0.2, 0) is 6.42 Å². The second-order valence-electron chi connectivity index (χ2n) is 9.93. The van der Waals surface area contributed by atoms with Crippen LogP contribution in [0.5, 0.6) is 0 Å². The number of nitrogens with zero attached hydrogens (tertiary/aromatic N) is 4. The van der Waals surface area contributed by atoms with E-state index < -0.39 is 0 Å². The van der Waals surface area contributed by atoms with Crippen LogP contribution < -0.4 is 0 Å². The molecule has 41 heavy (non-hydrogen) atoms. The van der Waals surface area contributed by atoms with Crippen molar-refractivity contribution in [3.05, 3.63) is 120 Å². The third-order valence-electron chi connectivity index (χ3n) is 7.10. The van der Waals surface area contributed by atoms with Crippen molar-refractivity contribution in [3.8, 4) is 22.1 Å². The number of imidazole rings is 1. The Morgan fingerprint density at radius 3 is 2.68 bits per heavy atom. The Labute approximate surface area is 242 Å². The van der Waals surface area contributed by atoms with Crippen molar-refractivity contribution in [3.63, 3.8) is 0 Å². The first-order valence-electron chi connectivity index (χ1n) is 13.5. The molecule has 0 aliphatic heterocycles. The van der Waals surface area contributed by atoms with Crippen LogP contribution in [-0.4, -0.2) is 30.1 Å². The van der Waals surface area contributed by atoms with Crippen LogP contribution in [0.2, 0.25) is 0 Å². The Hall–Kier alpha value is -4.88. The van der Waals surface area contributed by atoms with Crippen molar-refractivity contribution in [1.82, 2.24) is 30.1 Å². The van der Waals surface area contributed by atoms with E-state index in [2.05, 4.69) is 92.9 Å². The van der Waals surface area contributed by atoms with Crippen LogP contribution in [0.3, 0.4) is 0 Å². The van der Waals surface area contributed by atoms with Crippen molar-refractivity contribution in [2.24, 2.45) is 0 Å². The van der Waals surface area contributed by atoms with Crippen LogP contribution in [0.15, 0.2) is 104 Å². The number of H-pyrrole nitrogens is 2. The number of hydrogen-bond donors (Lipinski definition) is 2. The quantitative estimate of drug-likeness (QED) is 0.175. The summed E-state index contributed by atoms with van der Waals surface area (Å²) >= 11 is 1.67. The van der Waals surface area contributed by atoms with Gasteiger partial charge in [0.05, 0.1) is 15.8 Å². The number of allylic oxidation sites excluding steroid dienone is 6. The molecule has 0 bridgehead atoms. The Morgan fingerprint density at radius 2 is 1.93 bits per heavy atom. The second-order valence-corrected chi connectivity index (χ2v) is 11.0. The number of aromatic amines is 2. The average Bonchev–Trinajstić information content (AvgIpc) is 3.75. The number of nitrogens with one attached hydrogen (secondary N) is 2. The maximum Gasteiger partial charge on any atom is 0.181 e. The van der Waals surface area contributed by atoms with Gasteiger partial charge in [-0.1, -0.05) is 61.7 Å². The first-order chi connectivity index (χ1) is 20.0. The van der Waals surface area contributed by atoms with Gasteiger partial charge in [-0.05, 0) is 73.2 Å². The Bertz CT molecular complexity index is 1950. The fourth-order valence-corrected chi connectivity index (χ4v) is 5.80. The summed E-state index contributed by atoms with van der Waals surface area (Å²) in [7, 11) is 0. The van der Waals surface area contributed by atoms with Crippen LogP contribution >= 0.6 is 11.3 Å². The van der Waals surface area contributed by atoms with Crippen molar-refractivity contribution in [2.45, 2.75) is 26.7 Å². The molecule has 0 aliphatic carbocycles. The number of aromatic nitrogens is 6. The lowest BCUT2D eigenvalue weighted by atomic mass is 9.99. The van der Waals surface area contributed by atoms with Gasteiger partial charge in [0.1, 0.15) is 16.9 Å².